The number of aliphatic hydroxyl groups is 8. The number of nitrogens with zero attached hydrogens (tertiary/aromatic N) is 1. The van der Waals surface area contributed by atoms with Crippen LogP contribution in [0.3, 0.4) is 0 Å². The molecule has 0 aliphatic carbocycles. The van der Waals surface area contributed by atoms with Gasteiger partial charge in [-0.05, 0) is 18.9 Å². The quantitative estimate of drug-likeness (QED) is 0.0457. The van der Waals surface area contributed by atoms with E-state index in [2.05, 4.69) is 17.6 Å². The lowest BCUT2D eigenvalue weighted by molar-refractivity contribution is -0.346. The van der Waals surface area contributed by atoms with Crippen molar-refractivity contribution in [1.29, 1.82) is 0 Å². The predicted molar refractivity (Wildman–Crippen MR) is 203 cm³/mol. The molecule has 11 N–H and O–H groups in total. The van der Waals surface area contributed by atoms with E-state index < -0.39 is 128 Å². The minimum absolute atomic E-state index is 0.597. The molecule has 3 aliphatic heterocycles. The minimum atomic E-state index is -1.85. The summed E-state index contributed by atoms with van der Waals surface area (Å²) in [6.45, 7) is 2.54. The summed E-state index contributed by atoms with van der Waals surface area (Å²) >= 11 is 0. The van der Waals surface area contributed by atoms with Crippen LogP contribution in [0, 0.1) is 0 Å². The van der Waals surface area contributed by atoms with E-state index in [1.54, 1.807) is 6.08 Å². The Morgan fingerprint density at radius 2 is 1.38 bits per heavy atom. The van der Waals surface area contributed by atoms with Crippen LogP contribution in [0.1, 0.15) is 97.1 Å². The summed E-state index contributed by atoms with van der Waals surface area (Å²) in [6, 6.07) is -2.01. The largest absolute Gasteiger partial charge is 0.394 e. The number of carbonyl (C=O) groups is 2. The summed E-state index contributed by atoms with van der Waals surface area (Å²) in [5, 5.41) is 91.4. The topological polar surface area (TPSA) is 312 Å². The maximum atomic E-state index is 13.1. The van der Waals surface area contributed by atoms with E-state index in [-0.39, 0.29) is 0 Å². The predicted octanol–water partition coefficient (Wildman–Crippen LogP) is -2.33. The van der Waals surface area contributed by atoms with Crippen LogP contribution in [-0.2, 0) is 28.5 Å². The second kappa shape index (κ2) is 23.0. The van der Waals surface area contributed by atoms with Gasteiger partial charge in [0.2, 0.25) is 11.8 Å². The SMILES string of the molecule is CCCCCCCCCCCC/C=C/C(=O)N[C@H]1[C@@H](O[C@@H]2O[C@H](CO)[C@@H](O)[C@H](O)[C@H]2NC(C)=O)O[C@H](CC(O)[C@H]2O[C@@H](n3ccc(=O)[nH]c3=O)[C@H](O)[C@@H]2O)[C@H](O)[C@@H]1O. The van der Waals surface area contributed by atoms with Crippen molar-refractivity contribution in [2.75, 3.05) is 6.61 Å². The fourth-order valence-corrected chi connectivity index (χ4v) is 7.50. The molecule has 1 aromatic rings. The summed E-state index contributed by atoms with van der Waals surface area (Å²) in [5.41, 5.74) is -1.68. The van der Waals surface area contributed by atoms with E-state index in [1.165, 1.54) is 44.6 Å². The van der Waals surface area contributed by atoms with Crippen LogP contribution in [0.15, 0.2) is 34.0 Å². The van der Waals surface area contributed by atoms with E-state index in [0.29, 0.717) is 6.42 Å². The Morgan fingerprint density at radius 3 is 1.97 bits per heavy atom. The Balaban J connectivity index is 1.46. The van der Waals surface area contributed by atoms with Gasteiger partial charge in [0.15, 0.2) is 18.8 Å². The van der Waals surface area contributed by atoms with Crippen LogP contribution in [0.25, 0.3) is 0 Å². The van der Waals surface area contributed by atoms with Gasteiger partial charge in [-0.3, -0.25) is 23.9 Å². The molecule has 20 heteroatoms. The van der Waals surface area contributed by atoms with Gasteiger partial charge in [-0.1, -0.05) is 70.8 Å². The molecule has 0 bridgehead atoms. The van der Waals surface area contributed by atoms with Crippen molar-refractivity contribution in [3.05, 3.63) is 45.3 Å². The molecule has 1 aromatic heterocycles. The number of aromatic nitrogens is 2. The lowest BCUT2D eigenvalue weighted by Gasteiger charge is -2.47. The molecule has 4 heterocycles. The van der Waals surface area contributed by atoms with Crippen molar-refractivity contribution in [3.63, 3.8) is 0 Å². The zero-order valence-electron chi connectivity index (χ0n) is 33.0. The lowest BCUT2D eigenvalue weighted by Crippen LogP contribution is -2.68. The van der Waals surface area contributed by atoms with Crippen LogP contribution < -0.4 is 21.9 Å². The number of allylic oxidation sites excluding steroid dienone is 1. The van der Waals surface area contributed by atoms with E-state index >= 15 is 0 Å². The Hall–Kier alpha value is -3.12. The second-order valence-electron chi connectivity index (χ2n) is 15.3. The summed E-state index contributed by atoms with van der Waals surface area (Å²) in [6.07, 6.45) is -6.36. The molecule has 20 nitrogen and oxygen atoms in total. The van der Waals surface area contributed by atoms with Gasteiger partial charge in [-0.25, -0.2) is 4.79 Å². The van der Waals surface area contributed by atoms with E-state index in [9.17, 15) is 60.0 Å². The smallest absolute Gasteiger partial charge is 0.330 e. The summed E-state index contributed by atoms with van der Waals surface area (Å²) in [7, 11) is 0. The molecule has 3 aliphatic rings. The fraction of sp³-hybridized carbons (Fsp3) is 0.789. The van der Waals surface area contributed by atoms with Gasteiger partial charge in [0.1, 0.15) is 60.9 Å². The van der Waals surface area contributed by atoms with Gasteiger partial charge in [0, 0.05) is 25.6 Å². The molecule has 3 fully saturated rings. The summed E-state index contributed by atoms with van der Waals surface area (Å²) in [4.78, 5) is 51.1. The van der Waals surface area contributed by atoms with Gasteiger partial charge in [-0.15, -0.1) is 0 Å². The van der Waals surface area contributed by atoms with Crippen LogP contribution >= 0.6 is 0 Å². The third kappa shape index (κ3) is 12.7. The van der Waals surface area contributed by atoms with Crippen LogP contribution in [0.5, 0.6) is 0 Å². The standard InChI is InChI=1S/C38H62N4O16/c1-3-4-5-6-7-8-9-10-11-12-13-14-15-24(46)40-27-31(51)28(48)22(55-37(27)58-36-26(39-20(2)44)30(50)29(49)23(19-43)56-36)18-21(45)34-32(52)33(53)35(57-34)42-17-16-25(47)41-38(42)54/h14-17,21-23,26-37,43,45,48-53H,3-13,18-19H2,1-2H3,(H,39,44)(H,40,46)(H,41,47,54)/b15-14+/t21?,22-,23-,26-,27-,28+,29-,30-,31-,32+,33-,34-,35-,36+,37-/m1/s1. The molecule has 15 atom stereocenters. The van der Waals surface area contributed by atoms with E-state index in [0.717, 1.165) is 49.4 Å². The Labute approximate surface area is 335 Å². The average Bonchev–Trinajstić information content (AvgIpc) is 3.48. The molecule has 330 valence electrons. The number of carbonyl (C=O) groups excluding carboxylic acids is 2. The molecule has 0 aromatic carbocycles. The normalized spacial score (nSPS) is 34.6. The van der Waals surface area contributed by atoms with Crippen molar-refractivity contribution in [2.45, 2.75) is 183 Å². The molecule has 3 saturated heterocycles. The van der Waals surface area contributed by atoms with Gasteiger partial charge in [0.05, 0.1) is 18.8 Å². The molecular formula is C38H62N4O16. The van der Waals surface area contributed by atoms with Gasteiger partial charge >= 0.3 is 5.69 Å². The second-order valence-corrected chi connectivity index (χ2v) is 15.3. The fourth-order valence-electron chi connectivity index (χ4n) is 7.50. The highest BCUT2D eigenvalue weighted by Crippen LogP contribution is 2.34. The number of hydrogen-bond acceptors (Lipinski definition) is 16. The Kier molecular flexibility index (Phi) is 18.9. The van der Waals surface area contributed by atoms with Crippen LogP contribution in [0.2, 0.25) is 0 Å². The van der Waals surface area contributed by atoms with E-state index in [1.807, 2.05) is 4.98 Å². The maximum Gasteiger partial charge on any atom is 0.330 e. The number of aromatic amines is 1. The molecule has 1 unspecified atom stereocenters. The third-order valence-electron chi connectivity index (χ3n) is 10.8. The minimum Gasteiger partial charge on any atom is -0.394 e. The van der Waals surface area contributed by atoms with Crippen LogP contribution in [0.4, 0.5) is 0 Å². The summed E-state index contributed by atoms with van der Waals surface area (Å²) in [5.74, 6) is -1.35. The molecule has 0 saturated carbocycles. The van der Waals surface area contributed by atoms with Crippen molar-refractivity contribution in [1.82, 2.24) is 20.2 Å². The maximum absolute atomic E-state index is 13.1. The molecule has 0 spiro atoms. The monoisotopic (exact) mass is 830 g/mol. The van der Waals surface area contributed by atoms with Crippen molar-refractivity contribution in [2.24, 2.45) is 0 Å². The average molecular weight is 831 g/mol. The van der Waals surface area contributed by atoms with Crippen molar-refractivity contribution >= 4 is 11.8 Å². The Morgan fingerprint density at radius 1 is 0.810 bits per heavy atom. The molecule has 0 radical (unpaired) electrons. The molecule has 58 heavy (non-hydrogen) atoms. The number of ether oxygens (including phenoxy) is 4. The van der Waals surface area contributed by atoms with Crippen molar-refractivity contribution in [3.8, 4) is 0 Å². The van der Waals surface area contributed by atoms with E-state index in [4.69, 9.17) is 18.9 Å². The first-order valence-electron chi connectivity index (χ1n) is 20.2. The van der Waals surface area contributed by atoms with Crippen LogP contribution in [-0.4, -0.2) is 155 Å². The highest BCUT2D eigenvalue weighted by Gasteiger charge is 2.53. The highest BCUT2D eigenvalue weighted by atomic mass is 16.8. The molecule has 4 rings (SSSR count). The first-order valence-corrected chi connectivity index (χ1v) is 20.2. The number of rotatable bonds is 21. The Bertz CT molecular complexity index is 1580. The zero-order chi connectivity index (χ0) is 42.5. The third-order valence-corrected chi connectivity index (χ3v) is 10.8. The highest BCUT2D eigenvalue weighted by molar-refractivity contribution is 5.87. The number of unbranched alkanes of at least 4 members (excludes halogenated alkanes) is 10. The number of amides is 2. The number of H-pyrrole nitrogens is 1. The lowest BCUT2D eigenvalue weighted by atomic mass is 9.91. The zero-order valence-corrected chi connectivity index (χ0v) is 33.0. The molecular weight excluding hydrogens is 768 g/mol. The van der Waals surface area contributed by atoms with Gasteiger partial charge in [-0.2, -0.15) is 0 Å². The van der Waals surface area contributed by atoms with Gasteiger partial charge < -0.3 is 70.4 Å². The number of nitrogens with one attached hydrogen (secondary N) is 3. The number of hydrogen-bond donors (Lipinski definition) is 11. The first-order chi connectivity index (χ1) is 27.7. The summed E-state index contributed by atoms with van der Waals surface area (Å²) < 4.78 is 24.1. The van der Waals surface area contributed by atoms with Crippen molar-refractivity contribution < 1.29 is 69.4 Å². The molecule has 2 amide bonds. The number of aliphatic hydroxyl groups excluding tert-OH is 8. The van der Waals surface area contributed by atoms with Gasteiger partial charge in [0.25, 0.3) is 5.56 Å². The first kappa shape index (κ1) is 47.6.